The third-order valence-corrected chi connectivity index (χ3v) is 3.05. The Morgan fingerprint density at radius 2 is 2.06 bits per heavy atom. The molecular formula is C12H11ClN2O3. The number of amides is 1. The van der Waals surface area contributed by atoms with Gasteiger partial charge in [0, 0.05) is 24.5 Å². The average Bonchev–Trinajstić information content (AvgIpc) is 2.62. The number of rotatable bonds is 2. The number of nitrogens with zero attached hydrogens (tertiary/aromatic N) is 1. The predicted octanol–water partition coefficient (Wildman–Crippen LogP) is 1.89. The van der Waals surface area contributed by atoms with Crippen molar-refractivity contribution in [1.29, 1.82) is 0 Å². The van der Waals surface area contributed by atoms with Crippen molar-refractivity contribution >= 4 is 34.4 Å². The molecule has 2 N–H and O–H groups in total. The topological polar surface area (TPSA) is 71.3 Å². The van der Waals surface area contributed by atoms with Crippen LogP contribution in [0.5, 0.6) is 0 Å². The second-order valence-electron chi connectivity index (χ2n) is 3.83. The van der Waals surface area contributed by atoms with Gasteiger partial charge in [-0.2, -0.15) is 0 Å². The Labute approximate surface area is 108 Å². The van der Waals surface area contributed by atoms with Gasteiger partial charge in [0.25, 0.3) is 5.91 Å². The van der Waals surface area contributed by atoms with Gasteiger partial charge in [0.05, 0.1) is 11.1 Å². The smallest absolute Gasteiger partial charge is 0.338 e. The molecule has 5 nitrogen and oxygen atoms in total. The Bertz CT molecular complexity index is 661. The van der Waals surface area contributed by atoms with Crippen molar-refractivity contribution in [3.05, 3.63) is 34.5 Å². The molecule has 0 fully saturated rings. The molecule has 0 bridgehead atoms. The lowest BCUT2D eigenvalue weighted by molar-refractivity contribution is 0.0692. The van der Waals surface area contributed by atoms with Crippen LogP contribution in [0.3, 0.4) is 0 Å². The molecular weight excluding hydrogens is 256 g/mol. The summed E-state index contributed by atoms with van der Waals surface area (Å²) in [7, 11) is 3.09. The van der Waals surface area contributed by atoms with Crippen molar-refractivity contribution in [3.63, 3.8) is 0 Å². The lowest BCUT2D eigenvalue weighted by atomic mass is 10.1. The van der Waals surface area contributed by atoms with Gasteiger partial charge >= 0.3 is 5.97 Å². The zero-order valence-electron chi connectivity index (χ0n) is 9.82. The number of carboxylic acids is 1. The fraction of sp³-hybridized carbons (Fsp3) is 0.167. The van der Waals surface area contributed by atoms with Crippen molar-refractivity contribution < 1.29 is 14.7 Å². The van der Waals surface area contributed by atoms with Crippen LogP contribution in [0.1, 0.15) is 20.8 Å². The molecule has 0 atom stereocenters. The predicted molar refractivity (Wildman–Crippen MR) is 68.3 cm³/mol. The van der Waals surface area contributed by atoms with Gasteiger partial charge in [-0.05, 0) is 12.1 Å². The summed E-state index contributed by atoms with van der Waals surface area (Å²) >= 11 is 5.88. The summed E-state index contributed by atoms with van der Waals surface area (Å²) in [4.78, 5) is 23.1. The number of carbonyl (C=O) groups is 2. The number of fused-ring (bicyclic) bond motifs is 1. The number of carboxylic acid groups (broad SMARTS) is 1. The minimum atomic E-state index is -1.14. The van der Waals surface area contributed by atoms with Crippen LogP contribution in [0.2, 0.25) is 5.02 Å². The molecule has 2 rings (SSSR count). The molecule has 0 unspecified atom stereocenters. The first-order valence-electron chi connectivity index (χ1n) is 5.20. The van der Waals surface area contributed by atoms with E-state index >= 15 is 0 Å². The second-order valence-corrected chi connectivity index (χ2v) is 4.26. The van der Waals surface area contributed by atoms with Gasteiger partial charge in [-0.25, -0.2) is 4.79 Å². The first kappa shape index (κ1) is 12.4. The first-order valence-corrected chi connectivity index (χ1v) is 5.58. The maximum Gasteiger partial charge on any atom is 0.338 e. The van der Waals surface area contributed by atoms with Gasteiger partial charge in [-0.3, -0.25) is 4.79 Å². The van der Waals surface area contributed by atoms with Gasteiger partial charge in [-0.15, -0.1) is 0 Å². The summed E-state index contributed by atoms with van der Waals surface area (Å²) in [6.45, 7) is 0. The van der Waals surface area contributed by atoms with E-state index < -0.39 is 11.9 Å². The normalized spacial score (nSPS) is 10.6. The van der Waals surface area contributed by atoms with E-state index in [0.29, 0.717) is 15.9 Å². The summed E-state index contributed by atoms with van der Waals surface area (Å²) in [5.74, 6) is -1.58. The molecule has 1 aromatic heterocycles. The van der Waals surface area contributed by atoms with Crippen molar-refractivity contribution in [2.45, 2.75) is 0 Å². The third kappa shape index (κ3) is 1.73. The van der Waals surface area contributed by atoms with Crippen LogP contribution in [-0.2, 0) is 7.05 Å². The largest absolute Gasteiger partial charge is 0.478 e. The van der Waals surface area contributed by atoms with E-state index in [0.717, 1.165) is 0 Å². The summed E-state index contributed by atoms with van der Waals surface area (Å²) in [6.07, 6.45) is 0. The highest BCUT2D eigenvalue weighted by Gasteiger charge is 2.24. The Morgan fingerprint density at radius 1 is 1.39 bits per heavy atom. The van der Waals surface area contributed by atoms with E-state index in [1.807, 2.05) is 0 Å². The number of aromatic nitrogens is 1. The fourth-order valence-electron chi connectivity index (χ4n) is 2.01. The number of aromatic carboxylic acids is 1. The van der Waals surface area contributed by atoms with Gasteiger partial charge in [-0.1, -0.05) is 17.7 Å². The molecule has 6 heteroatoms. The van der Waals surface area contributed by atoms with Crippen LogP contribution < -0.4 is 5.32 Å². The zero-order chi connectivity index (χ0) is 13.4. The molecule has 0 spiro atoms. The Balaban J connectivity index is 2.91. The zero-order valence-corrected chi connectivity index (χ0v) is 10.6. The summed E-state index contributed by atoms with van der Waals surface area (Å²) in [6, 6.07) is 4.84. The van der Waals surface area contributed by atoms with E-state index in [1.54, 1.807) is 25.2 Å². The number of halogens is 1. The Kier molecular flexibility index (Phi) is 3.00. The highest BCUT2D eigenvalue weighted by Crippen LogP contribution is 2.27. The van der Waals surface area contributed by atoms with Crippen LogP contribution in [0.25, 0.3) is 10.9 Å². The van der Waals surface area contributed by atoms with Gasteiger partial charge in [0.2, 0.25) is 0 Å². The SMILES string of the molecule is CNC(=O)c1c(C(=O)O)c2ccc(Cl)cc2n1C. The quantitative estimate of drug-likeness (QED) is 0.872. The molecule has 1 heterocycles. The van der Waals surface area contributed by atoms with Crippen molar-refractivity contribution in [2.24, 2.45) is 7.05 Å². The van der Waals surface area contributed by atoms with Crippen molar-refractivity contribution in [1.82, 2.24) is 9.88 Å². The molecule has 0 aliphatic rings. The summed E-state index contributed by atoms with van der Waals surface area (Å²) < 4.78 is 1.53. The minimum absolute atomic E-state index is 0.0106. The van der Waals surface area contributed by atoms with E-state index in [2.05, 4.69) is 5.32 Å². The molecule has 0 saturated carbocycles. The van der Waals surface area contributed by atoms with Crippen LogP contribution >= 0.6 is 11.6 Å². The number of benzene rings is 1. The molecule has 0 radical (unpaired) electrons. The monoisotopic (exact) mass is 266 g/mol. The number of carbonyl (C=O) groups excluding carboxylic acids is 1. The van der Waals surface area contributed by atoms with E-state index in [9.17, 15) is 14.7 Å². The van der Waals surface area contributed by atoms with Gasteiger partial charge < -0.3 is 15.0 Å². The minimum Gasteiger partial charge on any atom is -0.478 e. The second kappa shape index (κ2) is 4.34. The number of hydrogen-bond donors (Lipinski definition) is 2. The summed E-state index contributed by atoms with van der Waals surface area (Å²) in [5.41, 5.74) is 0.712. The van der Waals surface area contributed by atoms with E-state index in [4.69, 9.17) is 11.6 Å². The molecule has 0 aliphatic heterocycles. The highest BCUT2D eigenvalue weighted by molar-refractivity contribution is 6.31. The molecule has 2 aromatic rings. The molecule has 0 aliphatic carbocycles. The van der Waals surface area contributed by atoms with Gasteiger partial charge in [0.1, 0.15) is 5.69 Å². The van der Waals surface area contributed by atoms with Crippen molar-refractivity contribution in [2.75, 3.05) is 7.05 Å². The molecule has 1 amide bonds. The van der Waals surface area contributed by atoms with E-state index in [1.165, 1.54) is 11.6 Å². The molecule has 1 aromatic carbocycles. The molecule has 0 saturated heterocycles. The van der Waals surface area contributed by atoms with Crippen LogP contribution in [0.4, 0.5) is 0 Å². The molecule has 18 heavy (non-hydrogen) atoms. The third-order valence-electron chi connectivity index (χ3n) is 2.82. The van der Waals surface area contributed by atoms with Crippen LogP contribution in [-0.4, -0.2) is 28.6 Å². The lowest BCUT2D eigenvalue weighted by Crippen LogP contribution is -2.23. The Hall–Kier alpha value is -2.01. The van der Waals surface area contributed by atoms with Crippen LogP contribution in [0.15, 0.2) is 18.2 Å². The number of aryl methyl sites for hydroxylation is 1. The number of hydrogen-bond acceptors (Lipinski definition) is 2. The maximum atomic E-state index is 11.8. The lowest BCUT2D eigenvalue weighted by Gasteiger charge is -2.03. The first-order chi connectivity index (χ1) is 8.47. The van der Waals surface area contributed by atoms with Crippen LogP contribution in [0, 0.1) is 0 Å². The maximum absolute atomic E-state index is 11.8. The molecule has 94 valence electrons. The van der Waals surface area contributed by atoms with Gasteiger partial charge in [0.15, 0.2) is 0 Å². The summed E-state index contributed by atoms with van der Waals surface area (Å²) in [5, 5.41) is 12.7. The number of nitrogens with one attached hydrogen (secondary N) is 1. The fourth-order valence-corrected chi connectivity index (χ4v) is 2.18. The highest BCUT2D eigenvalue weighted by atomic mass is 35.5. The van der Waals surface area contributed by atoms with Crippen molar-refractivity contribution in [3.8, 4) is 0 Å². The average molecular weight is 267 g/mol. The van der Waals surface area contributed by atoms with E-state index in [-0.39, 0.29) is 11.3 Å². The standard InChI is InChI=1S/C12H11ClN2O3/c1-14-11(16)10-9(12(17)18)7-4-3-6(13)5-8(7)15(10)2/h3-5H,1-2H3,(H,14,16)(H,17,18). The Morgan fingerprint density at radius 3 is 2.61 bits per heavy atom.